The zero-order valence-corrected chi connectivity index (χ0v) is 18.7. The minimum absolute atomic E-state index is 0.0579. The lowest BCUT2D eigenvalue weighted by Crippen LogP contribution is -2.18. The number of amides is 2. The van der Waals surface area contributed by atoms with Crippen LogP contribution in [-0.2, 0) is 4.79 Å². The zero-order chi connectivity index (χ0) is 21.8. The third-order valence-corrected chi connectivity index (χ3v) is 5.86. The Morgan fingerprint density at radius 2 is 1.81 bits per heavy atom. The van der Waals surface area contributed by atoms with Gasteiger partial charge in [-0.3, -0.25) is 9.59 Å². The number of para-hydroxylation sites is 2. The van der Waals surface area contributed by atoms with Gasteiger partial charge in [-0.05, 0) is 62.1 Å². The number of hydrogen-bond donors (Lipinski definition) is 2. The van der Waals surface area contributed by atoms with E-state index in [1.54, 1.807) is 23.0 Å². The second kappa shape index (κ2) is 9.31. The van der Waals surface area contributed by atoms with Crippen LogP contribution < -0.4 is 10.6 Å². The van der Waals surface area contributed by atoms with Gasteiger partial charge in [0, 0.05) is 10.9 Å². The summed E-state index contributed by atoms with van der Waals surface area (Å²) in [6.07, 6.45) is 8.24. The minimum atomic E-state index is -0.277. The molecule has 0 spiro atoms. The van der Waals surface area contributed by atoms with Crippen molar-refractivity contribution in [3.8, 4) is 5.69 Å². The maximum absolute atomic E-state index is 13.0. The van der Waals surface area contributed by atoms with Gasteiger partial charge in [0.25, 0.3) is 5.91 Å². The maximum atomic E-state index is 13.0. The summed E-state index contributed by atoms with van der Waals surface area (Å²) in [7, 11) is 0. The standard InChI is InChI=1S/C24H23BrN4O2/c1-16-20(15-26-29(16)19-12-10-18(25)11-13-19)24(31)28-22-9-5-4-8-21(22)27-23(30)14-17-6-2-3-7-17/h2,4-6,8-13,15,17H,3,7,14H2,1H3,(H,27,30)(H,28,31). The van der Waals surface area contributed by atoms with E-state index < -0.39 is 0 Å². The Morgan fingerprint density at radius 1 is 1.10 bits per heavy atom. The Kier molecular flexibility index (Phi) is 6.32. The Morgan fingerprint density at radius 3 is 2.48 bits per heavy atom. The van der Waals surface area contributed by atoms with Crippen molar-refractivity contribution in [1.29, 1.82) is 0 Å². The Labute approximate surface area is 189 Å². The highest BCUT2D eigenvalue weighted by atomic mass is 79.9. The van der Waals surface area contributed by atoms with Crippen molar-refractivity contribution in [3.05, 3.63) is 82.6 Å². The highest BCUT2D eigenvalue weighted by molar-refractivity contribution is 9.10. The van der Waals surface area contributed by atoms with Gasteiger partial charge >= 0.3 is 0 Å². The summed E-state index contributed by atoms with van der Waals surface area (Å²) in [5.74, 6) is -0.0485. The lowest BCUT2D eigenvalue weighted by atomic mass is 10.0. The number of carbonyl (C=O) groups is 2. The predicted octanol–water partition coefficient (Wildman–Crippen LogP) is 5.49. The van der Waals surface area contributed by atoms with E-state index in [2.05, 4.69) is 43.8 Å². The molecule has 7 heteroatoms. The molecule has 6 nitrogen and oxygen atoms in total. The van der Waals surface area contributed by atoms with E-state index in [4.69, 9.17) is 0 Å². The van der Waals surface area contributed by atoms with Crippen LogP contribution in [0.1, 0.15) is 35.3 Å². The molecule has 0 saturated heterocycles. The topological polar surface area (TPSA) is 76.0 Å². The van der Waals surface area contributed by atoms with Gasteiger partial charge < -0.3 is 10.6 Å². The molecule has 1 aliphatic rings. The normalized spacial score (nSPS) is 15.1. The zero-order valence-electron chi connectivity index (χ0n) is 17.1. The molecule has 1 aromatic heterocycles. The lowest BCUT2D eigenvalue weighted by molar-refractivity contribution is -0.116. The van der Waals surface area contributed by atoms with Gasteiger partial charge in [0.2, 0.25) is 5.91 Å². The molecule has 158 valence electrons. The maximum Gasteiger partial charge on any atom is 0.259 e. The molecule has 1 aliphatic carbocycles. The Bertz CT molecular complexity index is 1130. The summed E-state index contributed by atoms with van der Waals surface area (Å²) in [5, 5.41) is 10.2. The first-order valence-corrected chi connectivity index (χ1v) is 11.0. The predicted molar refractivity (Wildman–Crippen MR) is 126 cm³/mol. The van der Waals surface area contributed by atoms with E-state index in [0.717, 1.165) is 28.7 Å². The molecule has 0 radical (unpaired) electrons. The van der Waals surface area contributed by atoms with Gasteiger partial charge in [-0.15, -0.1) is 0 Å². The van der Waals surface area contributed by atoms with Crippen molar-refractivity contribution in [3.63, 3.8) is 0 Å². The number of nitrogens with zero attached hydrogens (tertiary/aromatic N) is 2. The molecule has 0 aliphatic heterocycles. The molecule has 2 amide bonds. The Balaban J connectivity index is 1.48. The molecule has 31 heavy (non-hydrogen) atoms. The van der Waals surface area contributed by atoms with Gasteiger partial charge in [-0.25, -0.2) is 4.68 Å². The van der Waals surface area contributed by atoms with Crippen LogP contribution in [0.3, 0.4) is 0 Å². The van der Waals surface area contributed by atoms with Crippen molar-refractivity contribution < 1.29 is 9.59 Å². The average Bonchev–Trinajstić information content (AvgIpc) is 3.40. The number of rotatable bonds is 6. The fourth-order valence-corrected chi connectivity index (χ4v) is 3.93. The molecule has 0 bridgehead atoms. The molecule has 1 atom stereocenters. The molecule has 3 aromatic rings. The van der Waals surface area contributed by atoms with E-state index in [0.29, 0.717) is 23.4 Å². The van der Waals surface area contributed by atoms with Crippen LogP contribution >= 0.6 is 15.9 Å². The van der Waals surface area contributed by atoms with Crippen molar-refractivity contribution in [2.75, 3.05) is 10.6 Å². The quantitative estimate of drug-likeness (QED) is 0.459. The first-order chi connectivity index (χ1) is 15.0. The molecular formula is C24H23BrN4O2. The van der Waals surface area contributed by atoms with Gasteiger partial charge in [-0.2, -0.15) is 5.10 Å². The lowest BCUT2D eigenvalue weighted by Gasteiger charge is -2.13. The SMILES string of the molecule is Cc1c(C(=O)Nc2ccccc2NC(=O)CC2C=CCC2)cnn1-c1ccc(Br)cc1. The van der Waals surface area contributed by atoms with Crippen molar-refractivity contribution in [2.45, 2.75) is 26.2 Å². The summed E-state index contributed by atoms with van der Waals surface area (Å²) in [5.41, 5.74) is 3.21. The van der Waals surface area contributed by atoms with Gasteiger partial charge in [0.05, 0.1) is 34.5 Å². The summed E-state index contributed by atoms with van der Waals surface area (Å²) in [6, 6.07) is 14.9. The number of anilines is 2. The van der Waals surface area contributed by atoms with E-state index in [1.165, 1.54) is 0 Å². The molecule has 2 aromatic carbocycles. The summed E-state index contributed by atoms with van der Waals surface area (Å²) in [4.78, 5) is 25.4. The third-order valence-electron chi connectivity index (χ3n) is 5.33. The number of allylic oxidation sites excluding steroid dienone is 2. The van der Waals surface area contributed by atoms with E-state index in [9.17, 15) is 9.59 Å². The van der Waals surface area contributed by atoms with Crippen molar-refractivity contribution >= 4 is 39.1 Å². The first-order valence-electron chi connectivity index (χ1n) is 10.2. The van der Waals surface area contributed by atoms with Crippen LogP contribution in [0.25, 0.3) is 5.69 Å². The summed E-state index contributed by atoms with van der Waals surface area (Å²) >= 11 is 3.42. The largest absolute Gasteiger partial charge is 0.324 e. The van der Waals surface area contributed by atoms with E-state index in [-0.39, 0.29) is 17.7 Å². The highest BCUT2D eigenvalue weighted by Gasteiger charge is 2.18. The molecule has 1 heterocycles. The van der Waals surface area contributed by atoms with Crippen LogP contribution in [0, 0.1) is 12.8 Å². The summed E-state index contributed by atoms with van der Waals surface area (Å²) < 4.78 is 2.70. The highest BCUT2D eigenvalue weighted by Crippen LogP contribution is 2.25. The van der Waals surface area contributed by atoms with Crippen LogP contribution in [0.2, 0.25) is 0 Å². The van der Waals surface area contributed by atoms with E-state index in [1.807, 2.05) is 43.3 Å². The molecule has 0 saturated carbocycles. The molecular weight excluding hydrogens is 456 g/mol. The van der Waals surface area contributed by atoms with Crippen LogP contribution in [0.5, 0.6) is 0 Å². The molecule has 4 rings (SSSR count). The van der Waals surface area contributed by atoms with Gasteiger partial charge in [-0.1, -0.05) is 40.2 Å². The smallest absolute Gasteiger partial charge is 0.259 e. The number of benzene rings is 2. The van der Waals surface area contributed by atoms with Crippen molar-refractivity contribution in [2.24, 2.45) is 5.92 Å². The molecule has 0 fully saturated rings. The monoisotopic (exact) mass is 478 g/mol. The van der Waals surface area contributed by atoms with Crippen LogP contribution in [0.15, 0.2) is 71.4 Å². The average molecular weight is 479 g/mol. The third kappa shape index (κ3) is 4.94. The number of hydrogen-bond acceptors (Lipinski definition) is 3. The number of aromatic nitrogens is 2. The molecule has 2 N–H and O–H groups in total. The van der Waals surface area contributed by atoms with E-state index >= 15 is 0 Å². The second-order valence-corrected chi connectivity index (χ2v) is 8.47. The minimum Gasteiger partial charge on any atom is -0.324 e. The van der Waals surface area contributed by atoms with Crippen molar-refractivity contribution in [1.82, 2.24) is 9.78 Å². The summed E-state index contributed by atoms with van der Waals surface area (Å²) in [6.45, 7) is 1.85. The Hall–Kier alpha value is -3.19. The first kappa shape index (κ1) is 21.1. The van der Waals surface area contributed by atoms with Crippen LogP contribution in [0.4, 0.5) is 11.4 Å². The number of nitrogens with one attached hydrogen (secondary N) is 2. The van der Waals surface area contributed by atoms with Gasteiger partial charge in [0.15, 0.2) is 0 Å². The second-order valence-electron chi connectivity index (χ2n) is 7.55. The van der Waals surface area contributed by atoms with Gasteiger partial charge in [0.1, 0.15) is 0 Å². The number of carbonyl (C=O) groups excluding carboxylic acids is 2. The number of halogens is 1. The fraction of sp³-hybridized carbons (Fsp3) is 0.208. The molecule has 1 unspecified atom stereocenters. The fourth-order valence-electron chi connectivity index (χ4n) is 3.67. The van der Waals surface area contributed by atoms with Crippen LogP contribution in [-0.4, -0.2) is 21.6 Å².